The Morgan fingerprint density at radius 3 is 3.00 bits per heavy atom. The lowest BCUT2D eigenvalue weighted by Gasteiger charge is -2.38. The predicted molar refractivity (Wildman–Crippen MR) is 96.7 cm³/mol. The molecule has 1 aromatic carbocycles. The first-order chi connectivity index (χ1) is 12.5. The average Bonchev–Trinajstić information content (AvgIpc) is 2.63. The number of aromatic amines is 1. The molecule has 140 valence electrons. The molecule has 8 heteroatoms. The van der Waals surface area contributed by atoms with E-state index in [0.717, 1.165) is 6.42 Å². The van der Waals surface area contributed by atoms with Crippen molar-refractivity contribution in [3.05, 3.63) is 40.4 Å². The van der Waals surface area contributed by atoms with E-state index in [2.05, 4.69) is 15.3 Å². The number of piperidine rings is 1. The summed E-state index contributed by atoms with van der Waals surface area (Å²) in [5.41, 5.74) is -1.03. The number of ether oxygens (including phenoxy) is 1. The van der Waals surface area contributed by atoms with Gasteiger partial charge >= 0.3 is 0 Å². The van der Waals surface area contributed by atoms with E-state index in [0.29, 0.717) is 42.8 Å². The molecule has 0 saturated carbocycles. The van der Waals surface area contributed by atoms with E-state index in [1.165, 1.54) is 0 Å². The van der Waals surface area contributed by atoms with Crippen LogP contribution in [0.2, 0.25) is 0 Å². The molecule has 0 spiro atoms. The molecule has 2 aromatic rings. The Morgan fingerprint density at radius 1 is 1.38 bits per heavy atom. The zero-order valence-electron chi connectivity index (χ0n) is 14.8. The smallest absolute Gasteiger partial charge is 0.258 e. The van der Waals surface area contributed by atoms with Gasteiger partial charge in [-0.25, -0.2) is 4.98 Å². The number of benzene rings is 1. The third-order valence-electron chi connectivity index (χ3n) is 4.64. The number of likely N-dealkylation sites (tertiary alicyclic amines) is 1. The van der Waals surface area contributed by atoms with Gasteiger partial charge in [-0.15, -0.1) is 0 Å². The van der Waals surface area contributed by atoms with Gasteiger partial charge in [0.25, 0.3) is 11.5 Å². The molecule has 3 rings (SSSR count). The van der Waals surface area contributed by atoms with Crippen LogP contribution in [0.1, 0.15) is 18.7 Å². The SMILES string of the molecule is COCCN1CCCC(O)(CNCc2nc3ccccc3c(=O)[nH]2)C1=O. The molecule has 0 radical (unpaired) electrons. The lowest BCUT2D eigenvalue weighted by Crippen LogP contribution is -2.58. The summed E-state index contributed by atoms with van der Waals surface area (Å²) in [7, 11) is 1.58. The summed E-state index contributed by atoms with van der Waals surface area (Å²) in [6.45, 7) is 1.90. The van der Waals surface area contributed by atoms with Gasteiger partial charge in [0.05, 0.1) is 24.1 Å². The molecule has 1 atom stereocenters. The van der Waals surface area contributed by atoms with Crippen molar-refractivity contribution in [2.45, 2.75) is 25.0 Å². The fourth-order valence-electron chi connectivity index (χ4n) is 3.25. The first-order valence-electron chi connectivity index (χ1n) is 8.73. The summed E-state index contributed by atoms with van der Waals surface area (Å²) in [5.74, 6) is 0.185. The largest absolute Gasteiger partial charge is 0.383 e. The molecule has 1 amide bonds. The summed E-state index contributed by atoms with van der Waals surface area (Å²) < 4.78 is 5.01. The number of hydrogen-bond acceptors (Lipinski definition) is 6. The molecule has 26 heavy (non-hydrogen) atoms. The number of aliphatic hydroxyl groups is 1. The monoisotopic (exact) mass is 360 g/mol. The Morgan fingerprint density at radius 2 is 2.19 bits per heavy atom. The van der Waals surface area contributed by atoms with Gasteiger partial charge in [-0.1, -0.05) is 12.1 Å². The van der Waals surface area contributed by atoms with Crippen LogP contribution in [0.15, 0.2) is 29.1 Å². The van der Waals surface area contributed by atoms with Crippen molar-refractivity contribution in [3.8, 4) is 0 Å². The molecule has 0 aliphatic carbocycles. The summed E-state index contributed by atoms with van der Waals surface area (Å²) in [6.07, 6.45) is 1.14. The zero-order valence-corrected chi connectivity index (χ0v) is 14.8. The number of carbonyl (C=O) groups excluding carboxylic acids is 1. The number of methoxy groups -OCH3 is 1. The first kappa shape index (κ1) is 18.5. The molecule has 1 aliphatic heterocycles. The van der Waals surface area contributed by atoms with Crippen molar-refractivity contribution in [1.82, 2.24) is 20.2 Å². The van der Waals surface area contributed by atoms with Crippen LogP contribution in [-0.2, 0) is 16.1 Å². The van der Waals surface area contributed by atoms with E-state index >= 15 is 0 Å². The van der Waals surface area contributed by atoms with Crippen molar-refractivity contribution < 1.29 is 14.6 Å². The van der Waals surface area contributed by atoms with Crippen LogP contribution in [0.3, 0.4) is 0 Å². The minimum atomic E-state index is -1.44. The molecular weight excluding hydrogens is 336 g/mol. The number of H-pyrrole nitrogens is 1. The van der Waals surface area contributed by atoms with Crippen molar-refractivity contribution in [2.75, 3.05) is 33.4 Å². The maximum Gasteiger partial charge on any atom is 0.258 e. The molecule has 1 fully saturated rings. The second kappa shape index (κ2) is 7.94. The van der Waals surface area contributed by atoms with Gasteiger partial charge < -0.3 is 25.0 Å². The van der Waals surface area contributed by atoms with Gasteiger partial charge in [0.2, 0.25) is 0 Å². The van der Waals surface area contributed by atoms with Crippen molar-refractivity contribution in [3.63, 3.8) is 0 Å². The topological polar surface area (TPSA) is 108 Å². The lowest BCUT2D eigenvalue weighted by molar-refractivity contribution is -0.157. The Bertz CT molecular complexity index is 837. The van der Waals surface area contributed by atoms with E-state index in [1.54, 1.807) is 30.2 Å². The number of nitrogens with one attached hydrogen (secondary N) is 2. The van der Waals surface area contributed by atoms with E-state index < -0.39 is 5.60 Å². The molecule has 3 N–H and O–H groups in total. The lowest BCUT2D eigenvalue weighted by atomic mass is 9.91. The Balaban J connectivity index is 1.63. The van der Waals surface area contributed by atoms with E-state index in [9.17, 15) is 14.7 Å². The van der Waals surface area contributed by atoms with Gasteiger partial charge in [-0.3, -0.25) is 9.59 Å². The standard InChI is InChI=1S/C18H24N4O4/c1-26-10-9-22-8-4-7-18(25,17(22)24)12-19-11-15-20-14-6-3-2-5-13(14)16(23)21-15/h2-3,5-6,19,25H,4,7-12H2,1H3,(H,20,21,23). The molecule has 1 saturated heterocycles. The average molecular weight is 360 g/mol. The third kappa shape index (κ3) is 3.92. The van der Waals surface area contributed by atoms with Crippen LogP contribution in [0.25, 0.3) is 10.9 Å². The quantitative estimate of drug-likeness (QED) is 0.642. The van der Waals surface area contributed by atoms with Crippen LogP contribution in [-0.4, -0.2) is 64.8 Å². The second-order valence-electron chi connectivity index (χ2n) is 6.55. The normalized spacial score (nSPS) is 20.7. The van der Waals surface area contributed by atoms with Crippen LogP contribution >= 0.6 is 0 Å². The third-order valence-corrected chi connectivity index (χ3v) is 4.64. The predicted octanol–water partition coefficient (Wildman–Crippen LogP) is 0.0126. The van der Waals surface area contributed by atoms with Gasteiger partial charge in [-0.05, 0) is 25.0 Å². The minimum absolute atomic E-state index is 0.103. The summed E-state index contributed by atoms with van der Waals surface area (Å²) in [4.78, 5) is 33.4. The van der Waals surface area contributed by atoms with Gasteiger partial charge in [0, 0.05) is 26.7 Å². The Labute approximate surface area is 151 Å². The molecular formula is C18H24N4O4. The van der Waals surface area contributed by atoms with Crippen LogP contribution in [0.5, 0.6) is 0 Å². The zero-order chi connectivity index (χ0) is 18.6. The highest BCUT2D eigenvalue weighted by atomic mass is 16.5. The highest BCUT2D eigenvalue weighted by Crippen LogP contribution is 2.22. The van der Waals surface area contributed by atoms with Gasteiger partial charge in [0.15, 0.2) is 5.60 Å². The van der Waals surface area contributed by atoms with E-state index in [1.807, 2.05) is 6.07 Å². The number of nitrogens with zero attached hydrogens (tertiary/aromatic N) is 2. The highest BCUT2D eigenvalue weighted by molar-refractivity contribution is 5.86. The maximum absolute atomic E-state index is 12.5. The van der Waals surface area contributed by atoms with Crippen LogP contribution < -0.4 is 10.9 Å². The summed E-state index contributed by atoms with van der Waals surface area (Å²) in [6, 6.07) is 7.11. The van der Waals surface area contributed by atoms with Gasteiger partial charge in [0.1, 0.15) is 5.82 Å². The molecule has 1 aromatic heterocycles. The maximum atomic E-state index is 12.5. The fourth-order valence-corrected chi connectivity index (χ4v) is 3.25. The molecule has 0 bridgehead atoms. The first-order valence-corrected chi connectivity index (χ1v) is 8.73. The van der Waals surface area contributed by atoms with Gasteiger partial charge in [-0.2, -0.15) is 0 Å². The van der Waals surface area contributed by atoms with E-state index in [4.69, 9.17) is 4.74 Å². The number of fused-ring (bicyclic) bond motifs is 1. The number of aromatic nitrogens is 2. The summed E-state index contributed by atoms with van der Waals surface area (Å²) in [5, 5.41) is 14.3. The number of para-hydroxylation sites is 1. The molecule has 2 heterocycles. The fraction of sp³-hybridized carbons (Fsp3) is 0.500. The number of rotatable bonds is 7. The second-order valence-corrected chi connectivity index (χ2v) is 6.55. The highest BCUT2D eigenvalue weighted by Gasteiger charge is 2.41. The van der Waals surface area contributed by atoms with Crippen molar-refractivity contribution >= 4 is 16.8 Å². The number of carbonyl (C=O) groups is 1. The Hall–Kier alpha value is -2.29. The van der Waals surface area contributed by atoms with Crippen LogP contribution in [0.4, 0.5) is 0 Å². The van der Waals surface area contributed by atoms with Crippen molar-refractivity contribution in [2.24, 2.45) is 0 Å². The number of hydrogen-bond donors (Lipinski definition) is 3. The number of amides is 1. The van der Waals surface area contributed by atoms with Crippen molar-refractivity contribution in [1.29, 1.82) is 0 Å². The molecule has 1 unspecified atom stereocenters. The van der Waals surface area contributed by atoms with E-state index in [-0.39, 0.29) is 24.6 Å². The molecule has 8 nitrogen and oxygen atoms in total. The molecule has 1 aliphatic rings. The minimum Gasteiger partial charge on any atom is -0.383 e. The van der Waals surface area contributed by atoms with Crippen LogP contribution in [0, 0.1) is 0 Å². The summed E-state index contributed by atoms with van der Waals surface area (Å²) >= 11 is 0. The Kier molecular flexibility index (Phi) is 5.65.